The van der Waals surface area contributed by atoms with E-state index in [2.05, 4.69) is 42.9 Å². The van der Waals surface area contributed by atoms with Crippen molar-refractivity contribution in [1.29, 1.82) is 0 Å². The van der Waals surface area contributed by atoms with Crippen LogP contribution in [0.25, 0.3) is 5.65 Å². The largest absolute Gasteiger partial charge is 0.291 e. The summed E-state index contributed by atoms with van der Waals surface area (Å²) >= 11 is 0. The second-order valence-electron chi connectivity index (χ2n) is 5.82. The highest BCUT2D eigenvalue weighted by atomic mass is 15.3. The number of likely N-dealkylation sites (tertiary alicyclic amines) is 1. The van der Waals surface area contributed by atoms with E-state index in [-0.39, 0.29) is 0 Å². The van der Waals surface area contributed by atoms with E-state index in [0.29, 0.717) is 12.1 Å². The Bertz CT molecular complexity index is 573. The number of rotatable bonds is 2. The molecule has 4 nitrogen and oxygen atoms in total. The van der Waals surface area contributed by atoms with E-state index < -0.39 is 0 Å². The molecule has 0 bridgehead atoms. The van der Waals surface area contributed by atoms with Gasteiger partial charge in [0.15, 0.2) is 11.5 Å². The first kappa shape index (κ1) is 12.6. The van der Waals surface area contributed by atoms with Gasteiger partial charge in [-0.15, -0.1) is 5.10 Å². The molecule has 102 valence electrons. The summed E-state index contributed by atoms with van der Waals surface area (Å²) in [5.41, 5.74) is 2.19. The summed E-state index contributed by atoms with van der Waals surface area (Å²) in [6.07, 6.45) is 5.75. The van der Waals surface area contributed by atoms with Gasteiger partial charge in [-0.05, 0) is 57.9 Å². The molecule has 1 unspecified atom stereocenters. The zero-order valence-corrected chi connectivity index (χ0v) is 12.0. The van der Waals surface area contributed by atoms with Gasteiger partial charge in [0, 0.05) is 12.2 Å². The number of nitrogens with zero attached hydrogens (tertiary/aromatic N) is 4. The number of aromatic nitrogens is 3. The van der Waals surface area contributed by atoms with Crippen LogP contribution in [0.1, 0.15) is 50.5 Å². The van der Waals surface area contributed by atoms with Crippen LogP contribution in [-0.2, 0) is 0 Å². The van der Waals surface area contributed by atoms with Gasteiger partial charge in [0.05, 0.1) is 6.04 Å². The minimum Gasteiger partial charge on any atom is -0.291 e. The van der Waals surface area contributed by atoms with Crippen molar-refractivity contribution in [2.75, 3.05) is 6.54 Å². The van der Waals surface area contributed by atoms with Crippen molar-refractivity contribution in [2.45, 2.75) is 52.1 Å². The Hall–Kier alpha value is -1.42. The van der Waals surface area contributed by atoms with Crippen molar-refractivity contribution in [3.8, 4) is 0 Å². The average molecular weight is 258 g/mol. The molecule has 2 aromatic rings. The molecule has 1 aliphatic rings. The lowest BCUT2D eigenvalue weighted by Gasteiger charge is -2.36. The fourth-order valence-electron chi connectivity index (χ4n) is 2.99. The topological polar surface area (TPSA) is 33.4 Å². The van der Waals surface area contributed by atoms with Gasteiger partial charge in [-0.3, -0.25) is 4.90 Å². The summed E-state index contributed by atoms with van der Waals surface area (Å²) in [5.74, 6) is 0.985. The van der Waals surface area contributed by atoms with Crippen LogP contribution in [-0.4, -0.2) is 32.1 Å². The summed E-state index contributed by atoms with van der Waals surface area (Å²) in [5, 5.41) is 4.67. The number of pyridine rings is 1. The molecule has 1 fully saturated rings. The van der Waals surface area contributed by atoms with Gasteiger partial charge in [-0.25, -0.2) is 9.50 Å². The van der Waals surface area contributed by atoms with E-state index in [9.17, 15) is 0 Å². The Labute approximate surface area is 114 Å². The van der Waals surface area contributed by atoms with Crippen LogP contribution < -0.4 is 0 Å². The highest BCUT2D eigenvalue weighted by Crippen LogP contribution is 2.30. The van der Waals surface area contributed by atoms with Gasteiger partial charge < -0.3 is 0 Å². The summed E-state index contributed by atoms with van der Waals surface area (Å²) in [6, 6.07) is 5.11. The van der Waals surface area contributed by atoms with Gasteiger partial charge in [0.1, 0.15) is 0 Å². The molecule has 19 heavy (non-hydrogen) atoms. The molecule has 0 aliphatic carbocycles. The summed E-state index contributed by atoms with van der Waals surface area (Å²) in [4.78, 5) is 7.27. The molecule has 4 heteroatoms. The van der Waals surface area contributed by atoms with Crippen molar-refractivity contribution >= 4 is 5.65 Å². The molecular formula is C15H22N4. The lowest BCUT2D eigenvalue weighted by Crippen LogP contribution is -2.39. The van der Waals surface area contributed by atoms with E-state index in [1.807, 2.05) is 10.7 Å². The van der Waals surface area contributed by atoms with Crippen LogP contribution in [0.5, 0.6) is 0 Å². The Morgan fingerprint density at radius 1 is 1.32 bits per heavy atom. The van der Waals surface area contributed by atoms with Crippen molar-refractivity contribution in [3.63, 3.8) is 0 Å². The minimum absolute atomic E-state index is 0.383. The molecular weight excluding hydrogens is 236 g/mol. The number of hydrogen-bond donors (Lipinski definition) is 0. The smallest absolute Gasteiger partial charge is 0.168 e. The maximum absolute atomic E-state index is 4.74. The van der Waals surface area contributed by atoms with Crippen LogP contribution in [0.4, 0.5) is 0 Å². The number of aryl methyl sites for hydroxylation is 1. The molecule has 3 rings (SSSR count). The first-order valence-corrected chi connectivity index (χ1v) is 7.24. The quantitative estimate of drug-likeness (QED) is 0.830. The number of fused-ring (bicyclic) bond motifs is 1. The summed E-state index contributed by atoms with van der Waals surface area (Å²) in [6.45, 7) is 7.78. The Balaban J connectivity index is 1.97. The van der Waals surface area contributed by atoms with E-state index in [0.717, 1.165) is 18.0 Å². The SMILES string of the molecule is Cc1ccn2nc(C3CCCCN3C(C)C)nc2c1. The predicted molar refractivity (Wildman–Crippen MR) is 76.2 cm³/mol. The fraction of sp³-hybridized carbons (Fsp3) is 0.600. The van der Waals surface area contributed by atoms with Gasteiger partial charge in [-0.2, -0.15) is 0 Å². The zero-order valence-electron chi connectivity index (χ0n) is 12.0. The molecule has 0 aromatic carbocycles. The molecule has 0 saturated carbocycles. The van der Waals surface area contributed by atoms with Crippen LogP contribution in [0.3, 0.4) is 0 Å². The van der Waals surface area contributed by atoms with Gasteiger partial charge in [-0.1, -0.05) is 6.42 Å². The number of hydrogen-bond acceptors (Lipinski definition) is 3. The molecule has 0 amide bonds. The van der Waals surface area contributed by atoms with Crippen LogP contribution in [0.15, 0.2) is 18.3 Å². The molecule has 0 N–H and O–H groups in total. The van der Waals surface area contributed by atoms with E-state index in [4.69, 9.17) is 4.98 Å². The van der Waals surface area contributed by atoms with E-state index in [1.54, 1.807) is 0 Å². The molecule has 2 aromatic heterocycles. The second kappa shape index (κ2) is 4.93. The third-order valence-corrected chi connectivity index (χ3v) is 4.01. The summed E-state index contributed by atoms with van der Waals surface area (Å²) < 4.78 is 1.90. The first-order valence-electron chi connectivity index (χ1n) is 7.24. The van der Waals surface area contributed by atoms with Crippen molar-refractivity contribution in [2.24, 2.45) is 0 Å². The lowest BCUT2D eigenvalue weighted by atomic mass is 10.00. The van der Waals surface area contributed by atoms with Crippen molar-refractivity contribution < 1.29 is 0 Å². The highest BCUT2D eigenvalue weighted by molar-refractivity contribution is 5.40. The third-order valence-electron chi connectivity index (χ3n) is 4.01. The summed E-state index contributed by atoms with van der Waals surface area (Å²) in [7, 11) is 0. The van der Waals surface area contributed by atoms with Gasteiger partial charge in [0.2, 0.25) is 0 Å². The average Bonchev–Trinajstić information content (AvgIpc) is 2.81. The second-order valence-corrected chi connectivity index (χ2v) is 5.82. The molecule has 0 spiro atoms. The van der Waals surface area contributed by atoms with Crippen molar-refractivity contribution in [3.05, 3.63) is 29.7 Å². The van der Waals surface area contributed by atoms with Gasteiger partial charge in [0.25, 0.3) is 0 Å². The Morgan fingerprint density at radius 2 is 2.16 bits per heavy atom. The molecule has 1 aliphatic heterocycles. The molecule has 1 saturated heterocycles. The highest BCUT2D eigenvalue weighted by Gasteiger charge is 2.28. The molecule has 1 atom stereocenters. The standard InChI is InChI=1S/C15H22N4/c1-11(2)18-8-5-4-6-13(18)15-16-14-10-12(3)7-9-19(14)17-15/h7,9-11,13H,4-6,8H2,1-3H3. The monoisotopic (exact) mass is 258 g/mol. The zero-order chi connectivity index (χ0) is 13.4. The number of piperidine rings is 1. The fourth-order valence-corrected chi connectivity index (χ4v) is 2.99. The van der Waals surface area contributed by atoms with Gasteiger partial charge >= 0.3 is 0 Å². The molecule has 3 heterocycles. The van der Waals surface area contributed by atoms with Crippen LogP contribution >= 0.6 is 0 Å². The maximum Gasteiger partial charge on any atom is 0.168 e. The van der Waals surface area contributed by atoms with Crippen LogP contribution in [0, 0.1) is 6.92 Å². The predicted octanol–water partition coefficient (Wildman–Crippen LogP) is 2.97. The third kappa shape index (κ3) is 2.37. The maximum atomic E-state index is 4.74. The normalized spacial score (nSPS) is 21.4. The van der Waals surface area contributed by atoms with E-state index in [1.165, 1.54) is 24.8 Å². The lowest BCUT2D eigenvalue weighted by molar-refractivity contribution is 0.106. The van der Waals surface area contributed by atoms with E-state index >= 15 is 0 Å². The minimum atomic E-state index is 0.383. The first-order chi connectivity index (χ1) is 9.15. The Kier molecular flexibility index (Phi) is 3.27. The Morgan fingerprint density at radius 3 is 2.95 bits per heavy atom. The van der Waals surface area contributed by atoms with Crippen molar-refractivity contribution in [1.82, 2.24) is 19.5 Å². The van der Waals surface area contributed by atoms with Crippen LogP contribution in [0.2, 0.25) is 0 Å². The molecule has 0 radical (unpaired) electrons.